The van der Waals surface area contributed by atoms with Crippen molar-refractivity contribution in [2.75, 3.05) is 18.0 Å². The van der Waals surface area contributed by atoms with Gasteiger partial charge in [0.05, 0.1) is 12.4 Å². The van der Waals surface area contributed by atoms with E-state index in [-0.39, 0.29) is 6.10 Å². The highest BCUT2D eigenvalue weighted by molar-refractivity contribution is 6.29. The number of ether oxygens (including phenoxy) is 1. The fourth-order valence-electron chi connectivity index (χ4n) is 3.18. The topological polar surface area (TPSA) is 64.0 Å². The lowest BCUT2D eigenvalue weighted by molar-refractivity contribution is 0.163. The fourth-order valence-corrected chi connectivity index (χ4v) is 3.32. The number of rotatable bonds is 5. The Morgan fingerprint density at radius 2 is 1.85 bits per heavy atom. The third-order valence-corrected chi connectivity index (χ3v) is 4.71. The summed E-state index contributed by atoms with van der Waals surface area (Å²) in [6.07, 6.45) is 7.57. The van der Waals surface area contributed by atoms with Crippen molar-refractivity contribution >= 4 is 17.4 Å². The molecule has 0 unspecified atom stereocenters. The van der Waals surface area contributed by atoms with Crippen LogP contribution in [0.2, 0.25) is 5.15 Å². The first-order valence-corrected chi connectivity index (χ1v) is 9.39. The van der Waals surface area contributed by atoms with Gasteiger partial charge < -0.3 is 9.64 Å². The summed E-state index contributed by atoms with van der Waals surface area (Å²) in [6.45, 7) is 1.75. The van der Waals surface area contributed by atoms with E-state index in [4.69, 9.17) is 21.3 Å². The van der Waals surface area contributed by atoms with Crippen molar-refractivity contribution < 1.29 is 4.74 Å². The van der Waals surface area contributed by atoms with Crippen molar-refractivity contribution in [2.45, 2.75) is 25.4 Å². The number of nitrogens with zero attached hydrogens (tertiary/aromatic N) is 5. The Kier molecular flexibility index (Phi) is 5.44. The molecule has 0 radical (unpaired) electrons. The maximum absolute atomic E-state index is 5.91. The van der Waals surface area contributed by atoms with E-state index in [1.165, 1.54) is 11.8 Å². The molecule has 1 fully saturated rings. The summed E-state index contributed by atoms with van der Waals surface area (Å²) < 4.78 is 5.91. The molecular weight excluding hydrogens is 362 g/mol. The van der Waals surface area contributed by atoms with Crippen molar-refractivity contribution in [3.8, 4) is 5.88 Å². The molecule has 1 aliphatic heterocycles. The van der Waals surface area contributed by atoms with Gasteiger partial charge in [0.15, 0.2) is 5.15 Å². The highest BCUT2D eigenvalue weighted by Crippen LogP contribution is 2.21. The zero-order chi connectivity index (χ0) is 18.5. The lowest BCUT2D eigenvalue weighted by Crippen LogP contribution is -2.39. The Hall–Kier alpha value is -2.73. The first-order valence-electron chi connectivity index (χ1n) is 9.01. The number of hydrogen-bond acceptors (Lipinski definition) is 6. The molecule has 6 nitrogen and oxygen atoms in total. The van der Waals surface area contributed by atoms with Crippen LogP contribution in [0.15, 0.2) is 55.0 Å². The molecule has 0 amide bonds. The van der Waals surface area contributed by atoms with E-state index in [1.54, 1.807) is 6.20 Å². The lowest BCUT2D eigenvalue weighted by atomic mass is 10.1. The Morgan fingerprint density at radius 3 is 2.63 bits per heavy atom. The van der Waals surface area contributed by atoms with E-state index < -0.39 is 0 Å². The van der Waals surface area contributed by atoms with E-state index in [2.05, 4.69) is 32.0 Å². The smallest absolute Gasteiger partial charge is 0.234 e. The maximum Gasteiger partial charge on any atom is 0.234 e. The lowest BCUT2D eigenvalue weighted by Gasteiger charge is -2.32. The number of halogens is 1. The van der Waals surface area contributed by atoms with E-state index >= 15 is 0 Å². The Labute approximate surface area is 163 Å². The molecule has 2 aromatic heterocycles. The summed E-state index contributed by atoms with van der Waals surface area (Å²) in [5, 5.41) is 0.344. The quantitative estimate of drug-likeness (QED) is 0.673. The van der Waals surface area contributed by atoms with Gasteiger partial charge in [-0.1, -0.05) is 41.9 Å². The van der Waals surface area contributed by atoms with Crippen molar-refractivity contribution in [2.24, 2.45) is 0 Å². The molecule has 3 heterocycles. The summed E-state index contributed by atoms with van der Waals surface area (Å²) in [6, 6.07) is 12.2. The second-order valence-electron chi connectivity index (χ2n) is 6.48. The van der Waals surface area contributed by atoms with Gasteiger partial charge in [0, 0.05) is 38.5 Å². The Bertz CT molecular complexity index is 884. The standard InChI is InChI=1S/C20H20ClN5O/c21-17-13-22-14-20(24-17)27-16-7-10-26(11-8-16)19-6-9-23-18(25-19)12-15-4-2-1-3-5-15/h1-6,9,13-14,16H,7-8,10-12H2. The number of anilines is 1. The Morgan fingerprint density at radius 1 is 1.04 bits per heavy atom. The van der Waals surface area contributed by atoms with Crippen LogP contribution in [0.25, 0.3) is 0 Å². The number of hydrogen-bond donors (Lipinski definition) is 0. The number of benzene rings is 1. The molecule has 27 heavy (non-hydrogen) atoms. The highest BCUT2D eigenvalue weighted by atomic mass is 35.5. The van der Waals surface area contributed by atoms with Gasteiger partial charge in [-0.05, 0) is 11.6 Å². The third kappa shape index (κ3) is 4.71. The average molecular weight is 382 g/mol. The molecular formula is C20H20ClN5O. The molecule has 1 aliphatic rings. The third-order valence-electron chi connectivity index (χ3n) is 4.53. The molecule has 138 valence electrons. The molecule has 0 bridgehead atoms. The van der Waals surface area contributed by atoms with E-state index in [9.17, 15) is 0 Å². The summed E-state index contributed by atoms with van der Waals surface area (Å²) in [5.41, 5.74) is 1.21. The van der Waals surface area contributed by atoms with Crippen LogP contribution in [-0.4, -0.2) is 39.1 Å². The molecule has 3 aromatic rings. The van der Waals surface area contributed by atoms with Crippen molar-refractivity contribution in [3.63, 3.8) is 0 Å². The minimum atomic E-state index is 0.111. The van der Waals surface area contributed by atoms with Crippen LogP contribution in [0.1, 0.15) is 24.2 Å². The van der Waals surface area contributed by atoms with Gasteiger partial charge in [-0.25, -0.2) is 9.97 Å². The predicted octanol–water partition coefficient (Wildman–Crippen LogP) is 3.56. The summed E-state index contributed by atoms with van der Waals surface area (Å²) in [4.78, 5) is 19.6. The first kappa shape index (κ1) is 17.7. The zero-order valence-electron chi connectivity index (χ0n) is 14.8. The van der Waals surface area contributed by atoms with Gasteiger partial charge in [0.2, 0.25) is 5.88 Å². The van der Waals surface area contributed by atoms with Gasteiger partial charge in [0.25, 0.3) is 0 Å². The molecule has 4 rings (SSSR count). The molecule has 0 N–H and O–H groups in total. The summed E-state index contributed by atoms with van der Waals surface area (Å²) >= 11 is 5.86. The van der Waals surface area contributed by atoms with Crippen LogP contribution >= 0.6 is 11.6 Å². The van der Waals surface area contributed by atoms with Crippen LogP contribution in [-0.2, 0) is 6.42 Å². The molecule has 0 atom stereocenters. The van der Waals surface area contributed by atoms with Gasteiger partial charge in [0.1, 0.15) is 17.7 Å². The summed E-state index contributed by atoms with van der Waals surface area (Å²) in [5.74, 6) is 2.29. The van der Waals surface area contributed by atoms with Crippen LogP contribution < -0.4 is 9.64 Å². The van der Waals surface area contributed by atoms with E-state index in [0.717, 1.165) is 44.0 Å². The first-order chi connectivity index (χ1) is 13.3. The normalized spacial score (nSPS) is 14.9. The largest absolute Gasteiger partial charge is 0.473 e. The number of aromatic nitrogens is 4. The second-order valence-corrected chi connectivity index (χ2v) is 6.86. The zero-order valence-corrected chi connectivity index (χ0v) is 15.6. The summed E-state index contributed by atoms with van der Waals surface area (Å²) in [7, 11) is 0. The molecule has 1 saturated heterocycles. The average Bonchev–Trinajstić information content (AvgIpc) is 2.70. The minimum absolute atomic E-state index is 0.111. The molecule has 7 heteroatoms. The van der Waals surface area contributed by atoms with Gasteiger partial charge >= 0.3 is 0 Å². The van der Waals surface area contributed by atoms with E-state index in [0.29, 0.717) is 11.0 Å². The van der Waals surface area contributed by atoms with Crippen LogP contribution in [0.4, 0.5) is 5.82 Å². The monoisotopic (exact) mass is 381 g/mol. The highest BCUT2D eigenvalue weighted by Gasteiger charge is 2.22. The van der Waals surface area contributed by atoms with Gasteiger partial charge in [-0.2, -0.15) is 4.98 Å². The number of piperidine rings is 1. The molecule has 1 aromatic carbocycles. The van der Waals surface area contributed by atoms with Crippen molar-refractivity contribution in [1.29, 1.82) is 0 Å². The predicted molar refractivity (Wildman–Crippen MR) is 104 cm³/mol. The van der Waals surface area contributed by atoms with E-state index in [1.807, 2.05) is 30.5 Å². The van der Waals surface area contributed by atoms with Crippen molar-refractivity contribution in [3.05, 3.63) is 71.5 Å². The van der Waals surface area contributed by atoms with Crippen LogP contribution in [0, 0.1) is 0 Å². The molecule has 0 saturated carbocycles. The van der Waals surface area contributed by atoms with Crippen LogP contribution in [0.5, 0.6) is 5.88 Å². The van der Waals surface area contributed by atoms with Gasteiger partial charge in [-0.15, -0.1) is 0 Å². The van der Waals surface area contributed by atoms with Gasteiger partial charge in [-0.3, -0.25) is 4.98 Å². The SMILES string of the molecule is Clc1cncc(OC2CCN(c3ccnc(Cc4ccccc4)n3)CC2)n1. The molecule has 0 aliphatic carbocycles. The molecule has 0 spiro atoms. The Balaban J connectivity index is 1.36. The maximum atomic E-state index is 5.91. The fraction of sp³-hybridized carbons (Fsp3) is 0.300. The van der Waals surface area contributed by atoms with Crippen LogP contribution in [0.3, 0.4) is 0 Å². The minimum Gasteiger partial charge on any atom is -0.473 e. The second kappa shape index (κ2) is 8.31. The van der Waals surface area contributed by atoms with Crippen molar-refractivity contribution in [1.82, 2.24) is 19.9 Å².